The first kappa shape index (κ1) is 15.3. The summed E-state index contributed by atoms with van der Waals surface area (Å²) in [7, 11) is 5.21. The van der Waals surface area contributed by atoms with E-state index in [1.807, 2.05) is 0 Å². The van der Waals surface area contributed by atoms with Gasteiger partial charge in [-0.15, -0.1) is 0 Å². The van der Waals surface area contributed by atoms with Crippen molar-refractivity contribution in [2.75, 3.05) is 54.1 Å². The molecule has 0 unspecified atom stereocenters. The molecule has 0 spiro atoms. The molecule has 0 rings (SSSR count). The van der Waals surface area contributed by atoms with Crippen molar-refractivity contribution in [3.8, 4) is 0 Å². The summed E-state index contributed by atoms with van der Waals surface area (Å²) in [5.74, 6) is 0.147. The van der Waals surface area contributed by atoms with Crippen molar-refractivity contribution in [1.29, 1.82) is 0 Å². The summed E-state index contributed by atoms with van der Waals surface area (Å²) >= 11 is 0. The lowest BCUT2D eigenvalue weighted by atomic mass is 10.4. The first-order chi connectivity index (χ1) is 7.68. The molecule has 0 bridgehead atoms. The first-order valence-electron chi connectivity index (χ1n) is 5.66. The van der Waals surface area contributed by atoms with Crippen molar-refractivity contribution in [2.45, 2.75) is 12.8 Å². The van der Waals surface area contributed by atoms with E-state index in [1.54, 1.807) is 26.1 Å². The molecule has 0 saturated heterocycles. The van der Waals surface area contributed by atoms with Gasteiger partial charge in [-0.3, -0.25) is 4.79 Å². The van der Waals surface area contributed by atoms with Gasteiger partial charge in [-0.1, -0.05) is 0 Å². The lowest BCUT2D eigenvalue weighted by molar-refractivity contribution is -0.128. The Hall–Kier alpha value is -0.650. The van der Waals surface area contributed by atoms with Gasteiger partial charge in [0.15, 0.2) is 0 Å². The van der Waals surface area contributed by atoms with Crippen LogP contribution in [0, 0.1) is 0 Å². The summed E-state index contributed by atoms with van der Waals surface area (Å²) in [5, 5.41) is 3.16. The van der Waals surface area contributed by atoms with Gasteiger partial charge in [-0.2, -0.15) is 0 Å². The van der Waals surface area contributed by atoms with Crippen LogP contribution in [-0.2, 0) is 14.3 Å². The molecule has 0 aliphatic carbocycles. The van der Waals surface area contributed by atoms with E-state index in [0.29, 0.717) is 19.6 Å². The molecule has 0 aliphatic rings. The first-order valence-corrected chi connectivity index (χ1v) is 5.66. The van der Waals surface area contributed by atoms with E-state index in [1.165, 1.54) is 0 Å². The minimum atomic E-state index is 0.147. The Morgan fingerprint density at radius 1 is 1.19 bits per heavy atom. The molecule has 0 atom stereocenters. The van der Waals surface area contributed by atoms with Gasteiger partial charge in [0.1, 0.15) is 0 Å². The van der Waals surface area contributed by atoms with Gasteiger partial charge in [0.05, 0.1) is 6.61 Å². The van der Waals surface area contributed by atoms with Gasteiger partial charge in [0, 0.05) is 53.9 Å². The lowest BCUT2D eigenvalue weighted by Crippen LogP contribution is -2.28. The van der Waals surface area contributed by atoms with Crippen LogP contribution in [0.25, 0.3) is 0 Å². The number of hydrogen-bond acceptors (Lipinski definition) is 4. The summed E-state index contributed by atoms with van der Waals surface area (Å²) in [6.07, 6.45) is 1.46. The smallest absolute Gasteiger partial charge is 0.223 e. The van der Waals surface area contributed by atoms with E-state index >= 15 is 0 Å². The van der Waals surface area contributed by atoms with E-state index in [4.69, 9.17) is 9.47 Å². The minimum Gasteiger partial charge on any atom is -0.385 e. The number of carbonyl (C=O) groups is 1. The Morgan fingerprint density at radius 2 is 1.94 bits per heavy atom. The summed E-state index contributed by atoms with van der Waals surface area (Å²) in [6.45, 7) is 3.64. The summed E-state index contributed by atoms with van der Waals surface area (Å²) in [5.41, 5.74) is 0. The van der Waals surface area contributed by atoms with E-state index < -0.39 is 0 Å². The second-order valence-corrected chi connectivity index (χ2v) is 3.75. The number of ether oxygens (including phenoxy) is 2. The molecule has 5 nitrogen and oxygen atoms in total. The fraction of sp³-hybridized carbons (Fsp3) is 0.909. The van der Waals surface area contributed by atoms with Crippen molar-refractivity contribution >= 4 is 5.91 Å². The van der Waals surface area contributed by atoms with Crippen LogP contribution in [0.2, 0.25) is 0 Å². The number of rotatable bonds is 10. The topological polar surface area (TPSA) is 50.8 Å². The second-order valence-electron chi connectivity index (χ2n) is 3.75. The molecule has 0 heterocycles. The zero-order valence-electron chi connectivity index (χ0n) is 10.6. The number of hydrogen-bond donors (Lipinski definition) is 1. The highest BCUT2D eigenvalue weighted by Gasteiger charge is 2.01. The fourth-order valence-electron chi connectivity index (χ4n) is 1.10. The molecule has 16 heavy (non-hydrogen) atoms. The van der Waals surface area contributed by atoms with Gasteiger partial charge in [0.2, 0.25) is 5.91 Å². The third-order valence-corrected chi connectivity index (χ3v) is 2.07. The number of carbonyl (C=O) groups excluding carboxylic acids is 1. The predicted molar refractivity (Wildman–Crippen MR) is 63.5 cm³/mol. The molecule has 96 valence electrons. The maximum absolute atomic E-state index is 11.2. The van der Waals surface area contributed by atoms with Crippen molar-refractivity contribution < 1.29 is 14.3 Å². The Labute approximate surface area is 98.1 Å². The normalized spacial score (nSPS) is 10.4. The Morgan fingerprint density at radius 3 is 2.56 bits per heavy atom. The summed E-state index contributed by atoms with van der Waals surface area (Å²) < 4.78 is 10.3. The zero-order valence-corrected chi connectivity index (χ0v) is 10.6. The molecule has 0 aromatic heterocycles. The Balaban J connectivity index is 3.07. The predicted octanol–water partition coefficient (Wildman–Crippen LogP) is 0.107. The zero-order chi connectivity index (χ0) is 12.2. The summed E-state index contributed by atoms with van der Waals surface area (Å²) in [6, 6.07) is 0. The Bertz CT molecular complexity index is 175. The third-order valence-electron chi connectivity index (χ3n) is 2.07. The van der Waals surface area contributed by atoms with Crippen molar-refractivity contribution in [1.82, 2.24) is 10.2 Å². The van der Waals surface area contributed by atoms with E-state index in [2.05, 4.69) is 5.32 Å². The quantitative estimate of drug-likeness (QED) is 0.543. The van der Waals surface area contributed by atoms with Crippen LogP contribution < -0.4 is 5.32 Å². The molecule has 1 N–H and O–H groups in total. The molecule has 0 aliphatic heterocycles. The van der Waals surface area contributed by atoms with Crippen molar-refractivity contribution in [3.63, 3.8) is 0 Å². The van der Waals surface area contributed by atoms with E-state index in [-0.39, 0.29) is 5.91 Å². The highest BCUT2D eigenvalue weighted by atomic mass is 16.5. The van der Waals surface area contributed by atoms with Gasteiger partial charge in [-0.25, -0.2) is 0 Å². The van der Waals surface area contributed by atoms with Crippen LogP contribution in [-0.4, -0.2) is 64.9 Å². The van der Waals surface area contributed by atoms with Gasteiger partial charge >= 0.3 is 0 Å². The number of nitrogens with zero attached hydrogens (tertiary/aromatic N) is 1. The maximum Gasteiger partial charge on any atom is 0.223 e. The monoisotopic (exact) mass is 232 g/mol. The SMILES string of the molecule is COCCCOCCNCCC(=O)N(C)C. The van der Waals surface area contributed by atoms with Crippen LogP contribution in [0.15, 0.2) is 0 Å². The van der Waals surface area contributed by atoms with Crippen LogP contribution in [0.1, 0.15) is 12.8 Å². The van der Waals surface area contributed by atoms with Crippen molar-refractivity contribution in [3.05, 3.63) is 0 Å². The van der Waals surface area contributed by atoms with Crippen LogP contribution in [0.4, 0.5) is 0 Å². The number of nitrogens with one attached hydrogen (secondary N) is 1. The fourth-order valence-corrected chi connectivity index (χ4v) is 1.10. The average molecular weight is 232 g/mol. The highest BCUT2D eigenvalue weighted by molar-refractivity contribution is 5.75. The molecule has 0 aromatic rings. The number of amides is 1. The van der Waals surface area contributed by atoms with Gasteiger partial charge < -0.3 is 19.7 Å². The standard InChI is InChI=1S/C11H24N2O3/c1-13(2)11(14)5-6-12-7-10-16-9-4-8-15-3/h12H,4-10H2,1-3H3. The molecule has 1 amide bonds. The highest BCUT2D eigenvalue weighted by Crippen LogP contribution is 1.85. The van der Waals surface area contributed by atoms with Crippen LogP contribution in [0.3, 0.4) is 0 Å². The third kappa shape index (κ3) is 9.89. The molecule has 5 heteroatoms. The van der Waals surface area contributed by atoms with Gasteiger partial charge in [0.25, 0.3) is 0 Å². The molecular formula is C11H24N2O3. The molecule has 0 fully saturated rings. The lowest BCUT2D eigenvalue weighted by Gasteiger charge is -2.10. The molecule has 0 saturated carbocycles. The largest absolute Gasteiger partial charge is 0.385 e. The maximum atomic E-state index is 11.2. The van der Waals surface area contributed by atoms with Gasteiger partial charge in [-0.05, 0) is 6.42 Å². The summed E-state index contributed by atoms with van der Waals surface area (Å²) in [4.78, 5) is 12.8. The van der Waals surface area contributed by atoms with E-state index in [9.17, 15) is 4.79 Å². The van der Waals surface area contributed by atoms with Crippen LogP contribution >= 0.6 is 0 Å². The average Bonchev–Trinajstić information content (AvgIpc) is 2.26. The van der Waals surface area contributed by atoms with Crippen molar-refractivity contribution in [2.24, 2.45) is 0 Å². The molecule has 0 radical (unpaired) electrons. The number of methoxy groups -OCH3 is 1. The second kappa shape index (κ2) is 10.9. The Kier molecular flexibility index (Phi) is 10.4. The molecule has 0 aromatic carbocycles. The molecular weight excluding hydrogens is 208 g/mol. The van der Waals surface area contributed by atoms with E-state index in [0.717, 1.165) is 26.2 Å². The van der Waals surface area contributed by atoms with Crippen LogP contribution in [0.5, 0.6) is 0 Å². The minimum absolute atomic E-state index is 0.147.